The van der Waals surface area contributed by atoms with Crippen LogP contribution in [-0.4, -0.2) is 4.98 Å². The fraction of sp³-hybridized carbons (Fsp3) is 0. The largest absolute Gasteiger partial charge is 0.360 e. The van der Waals surface area contributed by atoms with Gasteiger partial charge in [0.25, 0.3) is 0 Å². The minimum absolute atomic E-state index is 0.861. The van der Waals surface area contributed by atoms with Gasteiger partial charge in [-0.1, -0.05) is 0 Å². The van der Waals surface area contributed by atoms with E-state index in [0.717, 1.165) is 5.13 Å². The predicted octanol–water partition coefficient (Wildman–Crippen LogP) is 1.35. The van der Waals surface area contributed by atoms with Gasteiger partial charge in [-0.15, -0.1) is 11.3 Å². The van der Waals surface area contributed by atoms with Gasteiger partial charge in [0, 0.05) is 18.6 Å². The Morgan fingerprint density at radius 2 is 2.71 bits per heavy atom. The first-order valence-corrected chi connectivity index (χ1v) is 2.74. The van der Waals surface area contributed by atoms with Gasteiger partial charge in [0.05, 0.1) is 0 Å². The topological polar surface area (TPSA) is 24.9 Å². The van der Waals surface area contributed by atoms with Crippen molar-refractivity contribution in [1.29, 1.82) is 0 Å². The highest BCUT2D eigenvalue weighted by Gasteiger charge is 1.82. The first kappa shape index (κ1) is 4.59. The van der Waals surface area contributed by atoms with Gasteiger partial charge in [-0.3, -0.25) is 0 Å². The summed E-state index contributed by atoms with van der Waals surface area (Å²) in [5.41, 5.74) is 0. The van der Waals surface area contributed by atoms with Gasteiger partial charge < -0.3 is 5.32 Å². The first-order valence-electron chi connectivity index (χ1n) is 1.86. The average Bonchev–Trinajstić information content (AvgIpc) is 2.14. The molecule has 7 heavy (non-hydrogen) atoms. The molecular weight excluding hydrogens is 108 g/mol. The van der Waals surface area contributed by atoms with Crippen LogP contribution in [0.4, 0.5) is 5.13 Å². The molecule has 0 fully saturated rings. The van der Waals surface area contributed by atoms with Crippen molar-refractivity contribution in [3.8, 4) is 0 Å². The molecular formula is C4H5N2S. The summed E-state index contributed by atoms with van der Waals surface area (Å²) in [6.45, 7) is 0. The molecule has 37 valence electrons. The van der Waals surface area contributed by atoms with Crippen molar-refractivity contribution >= 4 is 16.5 Å². The van der Waals surface area contributed by atoms with Gasteiger partial charge in [-0.2, -0.15) is 0 Å². The van der Waals surface area contributed by atoms with Crippen molar-refractivity contribution in [3.05, 3.63) is 18.6 Å². The molecule has 0 aliphatic carbocycles. The lowest BCUT2D eigenvalue weighted by Gasteiger charge is -1.83. The van der Waals surface area contributed by atoms with Gasteiger partial charge in [-0.05, 0) is 0 Å². The molecule has 0 aliphatic rings. The smallest absolute Gasteiger partial charge is 0.182 e. The molecule has 0 amide bonds. The minimum atomic E-state index is 0.861. The zero-order chi connectivity index (χ0) is 5.11. The van der Waals surface area contributed by atoms with Gasteiger partial charge in [-0.25, -0.2) is 4.98 Å². The molecule has 0 bridgehead atoms. The van der Waals surface area contributed by atoms with Gasteiger partial charge in [0.2, 0.25) is 0 Å². The molecule has 0 aromatic carbocycles. The van der Waals surface area contributed by atoms with E-state index in [4.69, 9.17) is 0 Å². The number of aromatic nitrogens is 1. The quantitative estimate of drug-likeness (QED) is 0.594. The first-order chi connectivity index (χ1) is 3.43. The SMILES string of the molecule is [CH2]Nc1nccs1. The normalized spacial score (nSPS) is 8.71. The summed E-state index contributed by atoms with van der Waals surface area (Å²) in [7, 11) is 3.43. The highest BCUT2D eigenvalue weighted by Crippen LogP contribution is 2.07. The lowest BCUT2D eigenvalue weighted by molar-refractivity contribution is 1.40. The average molecular weight is 113 g/mol. The number of nitrogens with one attached hydrogen (secondary N) is 1. The van der Waals surface area contributed by atoms with E-state index in [1.54, 1.807) is 6.20 Å². The van der Waals surface area contributed by atoms with Gasteiger partial charge in [0.1, 0.15) is 0 Å². The highest BCUT2D eigenvalue weighted by molar-refractivity contribution is 7.13. The van der Waals surface area contributed by atoms with Crippen LogP contribution in [0.1, 0.15) is 0 Å². The second kappa shape index (κ2) is 1.93. The van der Waals surface area contributed by atoms with Crippen LogP contribution in [0, 0.1) is 7.05 Å². The third-order valence-electron chi connectivity index (χ3n) is 0.584. The Kier molecular flexibility index (Phi) is 1.26. The molecule has 1 N–H and O–H groups in total. The van der Waals surface area contributed by atoms with Crippen molar-refractivity contribution < 1.29 is 0 Å². The Hall–Kier alpha value is -0.570. The molecule has 2 nitrogen and oxygen atoms in total. The van der Waals surface area contributed by atoms with Crippen LogP contribution in [0.3, 0.4) is 0 Å². The van der Waals surface area contributed by atoms with E-state index in [-0.39, 0.29) is 0 Å². The van der Waals surface area contributed by atoms with Crippen molar-refractivity contribution in [2.75, 3.05) is 5.32 Å². The highest BCUT2D eigenvalue weighted by atomic mass is 32.1. The van der Waals surface area contributed by atoms with E-state index >= 15 is 0 Å². The van der Waals surface area contributed by atoms with Crippen molar-refractivity contribution in [3.63, 3.8) is 0 Å². The summed E-state index contributed by atoms with van der Waals surface area (Å²) in [4.78, 5) is 3.88. The maximum Gasteiger partial charge on any atom is 0.182 e. The van der Waals surface area contributed by atoms with Crippen LogP contribution in [-0.2, 0) is 0 Å². The van der Waals surface area contributed by atoms with Gasteiger partial charge >= 0.3 is 0 Å². The van der Waals surface area contributed by atoms with Crippen LogP contribution in [0.5, 0.6) is 0 Å². The molecule has 0 saturated carbocycles. The number of rotatable bonds is 1. The summed E-state index contributed by atoms with van der Waals surface area (Å²) in [5, 5.41) is 5.42. The van der Waals surface area contributed by atoms with E-state index in [9.17, 15) is 0 Å². The third-order valence-corrected chi connectivity index (χ3v) is 1.31. The molecule has 0 saturated heterocycles. The van der Waals surface area contributed by atoms with Crippen LogP contribution < -0.4 is 5.32 Å². The lowest BCUT2D eigenvalue weighted by atomic mass is 11.0. The summed E-state index contributed by atoms with van der Waals surface area (Å²) in [6.07, 6.45) is 1.73. The summed E-state index contributed by atoms with van der Waals surface area (Å²) in [5.74, 6) is 0. The zero-order valence-corrected chi connectivity index (χ0v) is 4.53. The molecule has 1 rings (SSSR count). The van der Waals surface area contributed by atoms with Gasteiger partial charge in [0.15, 0.2) is 5.13 Å². The molecule has 1 heterocycles. The fourth-order valence-corrected chi connectivity index (χ4v) is 0.766. The van der Waals surface area contributed by atoms with Crippen LogP contribution in [0.15, 0.2) is 11.6 Å². The zero-order valence-electron chi connectivity index (χ0n) is 3.72. The van der Waals surface area contributed by atoms with E-state index < -0.39 is 0 Å². The predicted molar refractivity (Wildman–Crippen MR) is 31.1 cm³/mol. The molecule has 1 aromatic heterocycles. The number of hydrogen-bond acceptors (Lipinski definition) is 3. The van der Waals surface area contributed by atoms with E-state index in [1.807, 2.05) is 5.38 Å². The Bertz CT molecular complexity index is 124. The monoisotopic (exact) mass is 113 g/mol. The number of hydrogen-bond donors (Lipinski definition) is 1. The second-order valence-corrected chi connectivity index (χ2v) is 1.91. The Morgan fingerprint density at radius 1 is 1.86 bits per heavy atom. The Morgan fingerprint density at radius 3 is 3.00 bits per heavy atom. The van der Waals surface area contributed by atoms with E-state index in [2.05, 4.69) is 17.3 Å². The van der Waals surface area contributed by atoms with Crippen LogP contribution >= 0.6 is 11.3 Å². The minimum Gasteiger partial charge on any atom is -0.360 e. The van der Waals surface area contributed by atoms with Crippen LogP contribution in [0.2, 0.25) is 0 Å². The van der Waals surface area contributed by atoms with E-state index in [1.165, 1.54) is 11.3 Å². The number of anilines is 1. The lowest BCUT2D eigenvalue weighted by Crippen LogP contribution is -1.78. The Balaban J connectivity index is 2.76. The molecule has 1 aromatic rings. The molecule has 0 spiro atoms. The molecule has 1 radical (unpaired) electrons. The number of nitrogens with zero attached hydrogens (tertiary/aromatic N) is 1. The standard InChI is InChI=1S/C4H5N2S/c1-5-4-6-2-3-7-4/h2-3H,1H2,(H,5,6). The fourth-order valence-electron chi connectivity index (χ4n) is 0.311. The van der Waals surface area contributed by atoms with Crippen molar-refractivity contribution in [2.24, 2.45) is 0 Å². The summed E-state index contributed by atoms with van der Waals surface area (Å²) >= 11 is 1.54. The maximum atomic E-state index is 3.88. The summed E-state index contributed by atoms with van der Waals surface area (Å²) in [6, 6.07) is 0. The van der Waals surface area contributed by atoms with E-state index in [0.29, 0.717) is 0 Å². The second-order valence-electron chi connectivity index (χ2n) is 1.01. The molecule has 3 heteroatoms. The van der Waals surface area contributed by atoms with Crippen molar-refractivity contribution in [2.45, 2.75) is 0 Å². The summed E-state index contributed by atoms with van der Waals surface area (Å²) < 4.78 is 0. The number of thiazole rings is 1. The van der Waals surface area contributed by atoms with Crippen LogP contribution in [0.25, 0.3) is 0 Å². The maximum absolute atomic E-state index is 3.88. The third kappa shape index (κ3) is 0.899. The molecule has 0 atom stereocenters. The molecule has 0 aliphatic heterocycles. The Labute approximate surface area is 46.2 Å². The van der Waals surface area contributed by atoms with Crippen molar-refractivity contribution in [1.82, 2.24) is 4.98 Å². The molecule has 0 unspecified atom stereocenters.